The van der Waals surface area contributed by atoms with Crippen LogP contribution in [0.1, 0.15) is 42.7 Å². The highest BCUT2D eigenvalue weighted by Gasteiger charge is 2.43. The van der Waals surface area contributed by atoms with Crippen molar-refractivity contribution in [2.75, 3.05) is 11.9 Å². The molecule has 0 fully saturated rings. The highest BCUT2D eigenvalue weighted by atomic mass is 19.3. The lowest BCUT2D eigenvalue weighted by atomic mass is 10.1. The van der Waals surface area contributed by atoms with Crippen molar-refractivity contribution < 1.29 is 27.1 Å². The Balaban J connectivity index is 2.01. The van der Waals surface area contributed by atoms with Crippen LogP contribution < -0.4 is 21.1 Å². The Kier molecular flexibility index (Phi) is 8.39. The monoisotopic (exact) mass is 455 g/mol. The number of guanidine groups is 1. The number of halogens is 4. The third-order valence-electron chi connectivity index (χ3n) is 4.14. The Morgan fingerprint density at radius 3 is 2.44 bits per heavy atom. The standard InChI is InChI=1S/C21H25F4N5O2/c1-12(2)11-28-20(26)30-17-10-15(8-9-27-17)13(3)29-18(31)14-4-6-16(7-5-14)32-21(24,25)19(22)23/h4-10,12-13,19H,11H2,1-3H3,(H,29,31)(H3,26,27,28,30). The number of benzene rings is 1. The van der Waals surface area contributed by atoms with Gasteiger partial charge in [-0.05, 0) is 54.8 Å². The van der Waals surface area contributed by atoms with E-state index in [4.69, 9.17) is 5.73 Å². The van der Waals surface area contributed by atoms with E-state index >= 15 is 0 Å². The van der Waals surface area contributed by atoms with Gasteiger partial charge < -0.3 is 21.1 Å². The first-order valence-electron chi connectivity index (χ1n) is 9.76. The van der Waals surface area contributed by atoms with E-state index in [1.165, 1.54) is 12.1 Å². The average molecular weight is 455 g/mol. The Labute approximate surface area is 183 Å². The van der Waals surface area contributed by atoms with Crippen LogP contribution in [0, 0.1) is 5.92 Å². The molecular weight excluding hydrogens is 430 g/mol. The maximum atomic E-state index is 13.0. The number of anilines is 1. The van der Waals surface area contributed by atoms with Crippen molar-refractivity contribution in [3.63, 3.8) is 0 Å². The van der Waals surface area contributed by atoms with E-state index in [0.29, 0.717) is 18.3 Å². The van der Waals surface area contributed by atoms with Crippen molar-refractivity contribution in [2.24, 2.45) is 16.6 Å². The molecule has 1 aromatic heterocycles. The van der Waals surface area contributed by atoms with Crippen LogP contribution in [-0.4, -0.2) is 35.9 Å². The van der Waals surface area contributed by atoms with E-state index in [1.807, 2.05) is 13.8 Å². The van der Waals surface area contributed by atoms with Crippen molar-refractivity contribution in [3.05, 3.63) is 53.7 Å². The molecule has 7 nitrogen and oxygen atoms in total. The molecule has 1 aromatic carbocycles. The molecule has 0 aliphatic carbocycles. The summed E-state index contributed by atoms with van der Waals surface area (Å²) < 4.78 is 54.3. The topological polar surface area (TPSA) is 102 Å². The normalized spacial score (nSPS) is 13.2. The Hall–Kier alpha value is -3.37. The summed E-state index contributed by atoms with van der Waals surface area (Å²) in [6, 6.07) is 7.41. The molecular formula is C21H25F4N5O2. The SMILES string of the molecule is CC(C)CN=C(N)Nc1cc(C(C)NC(=O)c2ccc(OC(F)(F)C(F)F)cc2)ccn1. The van der Waals surface area contributed by atoms with Crippen molar-refractivity contribution in [1.82, 2.24) is 10.3 Å². The number of aliphatic imine (C=N–C) groups is 1. The van der Waals surface area contributed by atoms with Gasteiger partial charge in [0.15, 0.2) is 5.96 Å². The number of amides is 1. The van der Waals surface area contributed by atoms with Crippen LogP contribution in [0.25, 0.3) is 0 Å². The molecule has 0 aliphatic heterocycles. The minimum atomic E-state index is -4.62. The molecule has 174 valence electrons. The fourth-order valence-corrected chi connectivity index (χ4v) is 2.48. The summed E-state index contributed by atoms with van der Waals surface area (Å²) in [7, 11) is 0. The molecule has 0 aliphatic rings. The Morgan fingerprint density at radius 1 is 1.19 bits per heavy atom. The van der Waals surface area contributed by atoms with Crippen molar-refractivity contribution in [2.45, 2.75) is 39.3 Å². The minimum Gasteiger partial charge on any atom is -0.428 e. The first kappa shape index (κ1) is 24.9. The van der Waals surface area contributed by atoms with E-state index < -0.39 is 30.2 Å². The third kappa shape index (κ3) is 7.40. The van der Waals surface area contributed by atoms with E-state index in [0.717, 1.165) is 17.7 Å². The molecule has 1 unspecified atom stereocenters. The summed E-state index contributed by atoms with van der Waals surface area (Å²) in [6.45, 7) is 6.33. The molecule has 2 aromatic rings. The van der Waals surface area contributed by atoms with Crippen LogP contribution in [-0.2, 0) is 0 Å². The van der Waals surface area contributed by atoms with Gasteiger partial charge >= 0.3 is 12.5 Å². The summed E-state index contributed by atoms with van der Waals surface area (Å²) in [5, 5.41) is 5.64. The molecule has 4 N–H and O–H groups in total. The van der Waals surface area contributed by atoms with E-state index in [9.17, 15) is 22.4 Å². The average Bonchev–Trinajstić information content (AvgIpc) is 2.72. The zero-order valence-electron chi connectivity index (χ0n) is 17.8. The fourth-order valence-electron chi connectivity index (χ4n) is 2.48. The Bertz CT molecular complexity index is 936. The molecule has 32 heavy (non-hydrogen) atoms. The minimum absolute atomic E-state index is 0.141. The fraction of sp³-hybridized carbons (Fsp3) is 0.381. The number of carbonyl (C=O) groups excluding carboxylic acids is 1. The molecule has 1 heterocycles. The summed E-state index contributed by atoms with van der Waals surface area (Å²) in [4.78, 5) is 20.8. The van der Waals surface area contributed by atoms with Gasteiger partial charge in [-0.1, -0.05) is 13.8 Å². The van der Waals surface area contributed by atoms with Gasteiger partial charge in [0, 0.05) is 18.3 Å². The number of nitrogens with one attached hydrogen (secondary N) is 2. The number of rotatable bonds is 9. The zero-order valence-corrected chi connectivity index (χ0v) is 17.8. The predicted molar refractivity (Wildman–Crippen MR) is 113 cm³/mol. The second kappa shape index (κ2) is 10.8. The molecule has 2 rings (SSSR count). The first-order valence-corrected chi connectivity index (χ1v) is 9.76. The number of carbonyl (C=O) groups is 1. The summed E-state index contributed by atoms with van der Waals surface area (Å²) in [6.07, 6.45) is -7.04. The zero-order chi connectivity index (χ0) is 23.9. The summed E-state index contributed by atoms with van der Waals surface area (Å²) >= 11 is 0. The maximum absolute atomic E-state index is 13.0. The van der Waals surface area contributed by atoms with Gasteiger partial charge in [-0.3, -0.25) is 9.79 Å². The van der Waals surface area contributed by atoms with Gasteiger partial charge in [-0.2, -0.15) is 17.6 Å². The van der Waals surface area contributed by atoms with Crippen LogP contribution >= 0.6 is 0 Å². The summed E-state index contributed by atoms with van der Waals surface area (Å²) in [5.74, 6) is 0.0524. The van der Waals surface area contributed by atoms with Crippen LogP contribution in [0.3, 0.4) is 0 Å². The number of nitrogens with two attached hydrogens (primary N) is 1. The van der Waals surface area contributed by atoms with Gasteiger partial charge in [0.2, 0.25) is 0 Å². The number of pyridine rings is 1. The van der Waals surface area contributed by atoms with E-state index in [-0.39, 0.29) is 11.5 Å². The lowest BCUT2D eigenvalue weighted by Crippen LogP contribution is -2.33. The van der Waals surface area contributed by atoms with E-state index in [1.54, 1.807) is 25.3 Å². The van der Waals surface area contributed by atoms with Crippen molar-refractivity contribution in [3.8, 4) is 5.75 Å². The first-order chi connectivity index (χ1) is 15.0. The highest BCUT2D eigenvalue weighted by molar-refractivity contribution is 5.94. The van der Waals surface area contributed by atoms with Gasteiger partial charge in [0.05, 0.1) is 6.04 Å². The number of alkyl halides is 4. The predicted octanol–water partition coefficient (Wildman–Crippen LogP) is 4.19. The van der Waals surface area contributed by atoms with Crippen LogP contribution in [0.2, 0.25) is 0 Å². The number of hydrogen-bond acceptors (Lipinski definition) is 4. The second-order valence-electron chi connectivity index (χ2n) is 7.40. The lowest BCUT2D eigenvalue weighted by molar-refractivity contribution is -0.253. The molecule has 1 amide bonds. The third-order valence-corrected chi connectivity index (χ3v) is 4.14. The van der Waals surface area contributed by atoms with Gasteiger partial charge in [-0.15, -0.1) is 0 Å². The molecule has 1 atom stereocenters. The van der Waals surface area contributed by atoms with Gasteiger partial charge in [0.1, 0.15) is 11.6 Å². The number of hydrogen-bond donors (Lipinski definition) is 3. The molecule has 0 saturated heterocycles. The maximum Gasteiger partial charge on any atom is 0.461 e. The Morgan fingerprint density at radius 2 is 1.84 bits per heavy atom. The second-order valence-corrected chi connectivity index (χ2v) is 7.40. The molecule has 0 radical (unpaired) electrons. The largest absolute Gasteiger partial charge is 0.461 e. The highest BCUT2D eigenvalue weighted by Crippen LogP contribution is 2.27. The van der Waals surface area contributed by atoms with Crippen LogP contribution in [0.4, 0.5) is 23.4 Å². The van der Waals surface area contributed by atoms with Crippen LogP contribution in [0.15, 0.2) is 47.6 Å². The molecule has 0 saturated carbocycles. The molecule has 0 spiro atoms. The van der Waals surface area contributed by atoms with Gasteiger partial charge in [-0.25, -0.2) is 4.98 Å². The van der Waals surface area contributed by atoms with E-state index in [2.05, 4.69) is 25.3 Å². The lowest BCUT2D eigenvalue weighted by Gasteiger charge is -2.17. The number of ether oxygens (including phenoxy) is 1. The number of nitrogens with zero attached hydrogens (tertiary/aromatic N) is 2. The van der Waals surface area contributed by atoms with Crippen molar-refractivity contribution >= 4 is 17.7 Å². The molecule has 0 bridgehead atoms. The van der Waals surface area contributed by atoms with Crippen LogP contribution in [0.5, 0.6) is 5.75 Å². The number of aromatic nitrogens is 1. The van der Waals surface area contributed by atoms with Crippen molar-refractivity contribution in [1.29, 1.82) is 0 Å². The smallest absolute Gasteiger partial charge is 0.428 e. The molecule has 11 heteroatoms. The summed E-state index contributed by atoms with van der Waals surface area (Å²) in [5.41, 5.74) is 6.70. The van der Waals surface area contributed by atoms with Gasteiger partial charge in [0.25, 0.3) is 5.91 Å². The quantitative estimate of drug-likeness (QED) is 0.299.